The molecule has 128 valence electrons. The Morgan fingerprint density at radius 2 is 2.04 bits per heavy atom. The van der Waals surface area contributed by atoms with Gasteiger partial charge < -0.3 is 10.8 Å². The number of nitrogens with zero attached hydrogens (tertiary/aromatic N) is 1. The normalized spacial score (nSPS) is 26.6. The number of hydrogen-bond acceptors (Lipinski definition) is 4. The van der Waals surface area contributed by atoms with Crippen molar-refractivity contribution in [2.45, 2.75) is 31.0 Å². The molecule has 0 bridgehead atoms. The summed E-state index contributed by atoms with van der Waals surface area (Å²) in [5.74, 6) is -3.53. The van der Waals surface area contributed by atoms with Crippen LogP contribution in [0.2, 0.25) is 0 Å². The Labute approximate surface area is 131 Å². The molecule has 1 aliphatic heterocycles. The van der Waals surface area contributed by atoms with Crippen molar-refractivity contribution in [3.05, 3.63) is 29.8 Å². The lowest BCUT2D eigenvalue weighted by Gasteiger charge is -2.23. The van der Waals surface area contributed by atoms with E-state index in [1.54, 1.807) is 0 Å². The average molecular weight is 350 g/mol. The molecule has 1 aliphatic rings. The highest BCUT2D eigenvalue weighted by molar-refractivity contribution is 7.93. The molecule has 9 heteroatoms. The lowest BCUT2D eigenvalue weighted by Crippen LogP contribution is -2.37. The molecule has 3 N–H and O–H groups in total. The number of hydrogen-bond donors (Lipinski definition) is 2. The van der Waals surface area contributed by atoms with Crippen molar-refractivity contribution in [2.75, 3.05) is 11.5 Å². The second-order valence-corrected chi connectivity index (χ2v) is 7.99. The van der Waals surface area contributed by atoms with Gasteiger partial charge in [-0.15, -0.1) is 0 Å². The summed E-state index contributed by atoms with van der Waals surface area (Å²) in [4.78, 5) is 11.4. The monoisotopic (exact) mass is 350 g/mol. The van der Waals surface area contributed by atoms with E-state index in [9.17, 15) is 27.3 Å². The number of halogens is 3. The zero-order valence-corrected chi connectivity index (χ0v) is 12.9. The van der Waals surface area contributed by atoms with Crippen LogP contribution in [0.1, 0.15) is 24.3 Å². The summed E-state index contributed by atoms with van der Waals surface area (Å²) in [6.45, 7) is 0. The first-order chi connectivity index (χ1) is 10.6. The highest BCUT2D eigenvalue weighted by Crippen LogP contribution is 2.41. The van der Waals surface area contributed by atoms with Crippen molar-refractivity contribution in [2.24, 2.45) is 10.1 Å². The highest BCUT2D eigenvalue weighted by atomic mass is 32.2. The van der Waals surface area contributed by atoms with Gasteiger partial charge in [-0.3, -0.25) is 4.79 Å². The van der Waals surface area contributed by atoms with Crippen LogP contribution in [0.5, 0.6) is 5.75 Å². The second-order valence-electron chi connectivity index (χ2n) is 5.45. The predicted octanol–water partition coefficient (Wildman–Crippen LogP) is 2.15. The first-order valence-corrected chi connectivity index (χ1v) is 8.84. The molecule has 1 aromatic carbocycles. The standard InChI is InChI=1S/C14H17F3N2O3S/c15-14(16,17)10(9-3-1-2-4-12(9)20)5-7-23(22)8-6-11(18)13(21)19-23/h1-4,10-11,20H,5-8,18H2/t10?,11-,23?/m0/s1. The van der Waals surface area contributed by atoms with Gasteiger partial charge in [0.25, 0.3) is 5.91 Å². The van der Waals surface area contributed by atoms with Crippen LogP contribution >= 0.6 is 0 Å². The number of phenolic OH excluding ortho intramolecular Hbond substituents is 1. The molecule has 3 atom stereocenters. The van der Waals surface area contributed by atoms with Gasteiger partial charge >= 0.3 is 6.18 Å². The van der Waals surface area contributed by atoms with E-state index in [4.69, 9.17) is 5.73 Å². The van der Waals surface area contributed by atoms with Crippen molar-refractivity contribution >= 4 is 15.6 Å². The van der Waals surface area contributed by atoms with Crippen LogP contribution in [-0.2, 0) is 14.5 Å². The van der Waals surface area contributed by atoms with Gasteiger partial charge in [-0.05, 0) is 18.9 Å². The molecule has 0 saturated carbocycles. The van der Waals surface area contributed by atoms with Crippen LogP contribution in [0.25, 0.3) is 0 Å². The fourth-order valence-corrected chi connectivity index (χ4v) is 4.52. The van der Waals surface area contributed by atoms with E-state index >= 15 is 0 Å². The second kappa shape index (κ2) is 6.48. The maximum Gasteiger partial charge on any atom is 0.395 e. The van der Waals surface area contributed by atoms with Crippen molar-refractivity contribution in [3.8, 4) is 5.75 Å². The van der Waals surface area contributed by atoms with Gasteiger partial charge in [-0.1, -0.05) is 18.2 Å². The zero-order valence-electron chi connectivity index (χ0n) is 12.1. The quantitative estimate of drug-likeness (QED) is 0.870. The number of amides is 1. The van der Waals surface area contributed by atoms with E-state index in [1.807, 2.05) is 0 Å². The number of alkyl halides is 3. The predicted molar refractivity (Wildman–Crippen MR) is 79.4 cm³/mol. The summed E-state index contributed by atoms with van der Waals surface area (Å²) in [6.07, 6.45) is -4.98. The Kier molecular flexibility index (Phi) is 5.00. The van der Waals surface area contributed by atoms with E-state index in [1.165, 1.54) is 24.3 Å². The van der Waals surface area contributed by atoms with Gasteiger partial charge in [-0.25, -0.2) is 4.21 Å². The van der Waals surface area contributed by atoms with Crippen LogP contribution in [0.3, 0.4) is 0 Å². The van der Waals surface area contributed by atoms with Crippen molar-refractivity contribution in [1.82, 2.24) is 0 Å². The van der Waals surface area contributed by atoms with Crippen LogP contribution in [0.15, 0.2) is 28.6 Å². The van der Waals surface area contributed by atoms with Crippen LogP contribution in [-0.4, -0.2) is 38.9 Å². The minimum Gasteiger partial charge on any atom is -0.508 e. The molecule has 5 nitrogen and oxygen atoms in total. The molecule has 0 aliphatic carbocycles. The highest BCUT2D eigenvalue weighted by Gasteiger charge is 2.42. The fraction of sp³-hybridized carbons (Fsp3) is 0.500. The van der Waals surface area contributed by atoms with E-state index in [-0.39, 0.29) is 23.5 Å². The Hall–Kier alpha value is -1.61. The van der Waals surface area contributed by atoms with E-state index in [0.717, 1.165) is 0 Å². The largest absolute Gasteiger partial charge is 0.508 e. The molecule has 0 radical (unpaired) electrons. The summed E-state index contributed by atoms with van der Waals surface area (Å²) in [5.41, 5.74) is 5.18. The van der Waals surface area contributed by atoms with E-state index < -0.39 is 45.9 Å². The first-order valence-electron chi connectivity index (χ1n) is 6.99. The van der Waals surface area contributed by atoms with Gasteiger partial charge in [0.2, 0.25) is 0 Å². The number of carbonyl (C=O) groups is 1. The number of carbonyl (C=O) groups excluding carboxylic acids is 1. The Morgan fingerprint density at radius 1 is 1.39 bits per heavy atom. The van der Waals surface area contributed by atoms with E-state index in [0.29, 0.717) is 0 Å². The summed E-state index contributed by atoms with van der Waals surface area (Å²) >= 11 is 0. The number of para-hydroxylation sites is 1. The third-order valence-electron chi connectivity index (χ3n) is 3.75. The third-order valence-corrected chi connectivity index (χ3v) is 6.01. The third kappa shape index (κ3) is 4.23. The van der Waals surface area contributed by atoms with Crippen molar-refractivity contribution < 1.29 is 27.3 Å². The lowest BCUT2D eigenvalue weighted by atomic mass is 9.95. The first kappa shape index (κ1) is 17.7. The lowest BCUT2D eigenvalue weighted by molar-refractivity contribution is -0.151. The van der Waals surface area contributed by atoms with E-state index in [2.05, 4.69) is 4.36 Å². The van der Waals surface area contributed by atoms with Gasteiger partial charge in [0.1, 0.15) is 5.75 Å². The average Bonchev–Trinajstić information content (AvgIpc) is 2.44. The topological polar surface area (TPSA) is 92.8 Å². The molecule has 0 saturated heterocycles. The maximum absolute atomic E-state index is 13.3. The molecular formula is C14H17F3N2O3S. The van der Waals surface area contributed by atoms with Crippen LogP contribution in [0.4, 0.5) is 13.2 Å². The SMILES string of the molecule is N[C@H]1CCS(=O)(CCC(c2ccccc2O)C(F)(F)F)=NC1=O. The maximum atomic E-state index is 13.3. The molecular weight excluding hydrogens is 333 g/mol. The molecule has 2 unspecified atom stereocenters. The summed E-state index contributed by atoms with van der Waals surface area (Å²) in [5, 5.41) is 9.66. The molecule has 1 amide bonds. The summed E-state index contributed by atoms with van der Waals surface area (Å²) in [7, 11) is -3.03. The Bertz CT molecular complexity index is 711. The number of rotatable bonds is 4. The van der Waals surface area contributed by atoms with Crippen LogP contribution in [0, 0.1) is 0 Å². The Balaban J connectivity index is 2.24. The minimum absolute atomic E-state index is 0.00521. The molecule has 1 aromatic rings. The molecule has 0 spiro atoms. The van der Waals surface area contributed by atoms with Gasteiger partial charge in [0, 0.05) is 17.1 Å². The smallest absolute Gasteiger partial charge is 0.395 e. The Morgan fingerprint density at radius 3 is 2.61 bits per heavy atom. The van der Waals surface area contributed by atoms with Gasteiger partial charge in [0.15, 0.2) is 0 Å². The van der Waals surface area contributed by atoms with Crippen molar-refractivity contribution in [3.63, 3.8) is 0 Å². The van der Waals surface area contributed by atoms with Crippen LogP contribution < -0.4 is 5.73 Å². The summed E-state index contributed by atoms with van der Waals surface area (Å²) in [6, 6.07) is 4.33. The number of aromatic hydroxyl groups is 1. The zero-order chi connectivity index (χ0) is 17.3. The minimum atomic E-state index is -4.61. The molecule has 0 aromatic heterocycles. The summed E-state index contributed by atoms with van der Waals surface area (Å²) < 4.78 is 55.8. The number of nitrogens with two attached hydrogens (primary N) is 1. The number of phenols is 1. The van der Waals surface area contributed by atoms with Gasteiger partial charge in [0.05, 0.1) is 21.7 Å². The number of benzene rings is 1. The molecule has 23 heavy (non-hydrogen) atoms. The molecule has 1 heterocycles. The van der Waals surface area contributed by atoms with Crippen molar-refractivity contribution in [1.29, 1.82) is 0 Å². The molecule has 2 rings (SSSR count). The van der Waals surface area contributed by atoms with Gasteiger partial charge in [-0.2, -0.15) is 17.5 Å². The molecule has 0 fully saturated rings. The fourth-order valence-electron chi connectivity index (χ4n) is 2.44.